The van der Waals surface area contributed by atoms with Crippen molar-refractivity contribution in [3.05, 3.63) is 39.6 Å². The van der Waals surface area contributed by atoms with Gasteiger partial charge in [0.1, 0.15) is 10.7 Å². The first kappa shape index (κ1) is 14.4. The Morgan fingerprint density at radius 3 is 2.70 bits per heavy atom. The summed E-state index contributed by atoms with van der Waals surface area (Å²) < 4.78 is 13.1. The number of nitrogens with one attached hydrogen (secondary N) is 1. The Morgan fingerprint density at radius 2 is 2.15 bits per heavy atom. The van der Waals surface area contributed by atoms with E-state index in [1.165, 1.54) is 19.1 Å². The molecule has 0 saturated heterocycles. The summed E-state index contributed by atoms with van der Waals surface area (Å²) in [6.07, 6.45) is 0. The van der Waals surface area contributed by atoms with E-state index in [9.17, 15) is 14.0 Å². The zero-order chi connectivity index (χ0) is 14.9. The van der Waals surface area contributed by atoms with Crippen molar-refractivity contribution in [2.45, 2.75) is 6.92 Å². The number of aromatic carboxylic acids is 1. The van der Waals surface area contributed by atoms with Gasteiger partial charge in [0.05, 0.1) is 10.7 Å². The molecule has 0 atom stereocenters. The van der Waals surface area contributed by atoms with Crippen molar-refractivity contribution in [3.8, 4) is 0 Å². The van der Waals surface area contributed by atoms with Crippen LogP contribution in [0.4, 0.5) is 15.2 Å². The van der Waals surface area contributed by atoms with Crippen LogP contribution in [0.3, 0.4) is 0 Å². The Bertz CT molecular complexity index is 671. The molecule has 1 aromatic carbocycles. The van der Waals surface area contributed by atoms with E-state index >= 15 is 0 Å². The van der Waals surface area contributed by atoms with Gasteiger partial charge in [-0.1, -0.05) is 22.9 Å². The molecule has 2 aromatic rings. The van der Waals surface area contributed by atoms with Crippen LogP contribution in [-0.4, -0.2) is 21.8 Å². The molecule has 0 amide bonds. The molecule has 8 heteroatoms. The normalized spacial score (nSPS) is 10.3. The summed E-state index contributed by atoms with van der Waals surface area (Å²) in [5.74, 6) is -2.21. The third-order valence-corrected chi connectivity index (χ3v) is 3.72. The number of nitrogens with zero attached hydrogens (tertiary/aromatic N) is 1. The van der Waals surface area contributed by atoms with Crippen LogP contribution < -0.4 is 5.32 Å². The zero-order valence-corrected chi connectivity index (χ0v) is 11.7. The highest BCUT2D eigenvalue weighted by molar-refractivity contribution is 7.17. The summed E-state index contributed by atoms with van der Waals surface area (Å²) in [5.41, 5.74) is -0.0926. The minimum atomic E-state index is -1.30. The SMILES string of the molecule is CC(=O)c1sc(Nc2cc(F)ccc2Cl)nc1C(=O)O. The standard InChI is InChI=1S/C12H8ClFN2O3S/c1-5(17)10-9(11(18)19)16-12(20-10)15-8-4-6(14)2-3-7(8)13/h2-4H,1H3,(H,15,16)(H,18,19). The van der Waals surface area contributed by atoms with Gasteiger partial charge >= 0.3 is 5.97 Å². The lowest BCUT2D eigenvalue weighted by molar-refractivity contribution is 0.0687. The Labute approximate surface area is 122 Å². The van der Waals surface area contributed by atoms with Crippen LogP contribution in [0.5, 0.6) is 0 Å². The van der Waals surface area contributed by atoms with Crippen LogP contribution in [0, 0.1) is 5.82 Å². The molecule has 0 unspecified atom stereocenters. The van der Waals surface area contributed by atoms with Crippen LogP contribution in [0.2, 0.25) is 5.02 Å². The summed E-state index contributed by atoms with van der Waals surface area (Å²) in [7, 11) is 0. The molecule has 0 bridgehead atoms. The number of hydrogen-bond donors (Lipinski definition) is 2. The smallest absolute Gasteiger partial charge is 0.356 e. The number of aromatic nitrogens is 1. The Hall–Kier alpha value is -1.99. The van der Waals surface area contributed by atoms with Gasteiger partial charge in [-0.15, -0.1) is 0 Å². The predicted octanol–water partition coefficient (Wildman–Crippen LogP) is 3.58. The third kappa shape index (κ3) is 2.94. The number of benzene rings is 1. The Morgan fingerprint density at radius 1 is 1.45 bits per heavy atom. The lowest BCUT2D eigenvalue weighted by atomic mass is 10.3. The molecule has 1 aromatic heterocycles. The molecule has 0 spiro atoms. The number of anilines is 2. The summed E-state index contributed by atoms with van der Waals surface area (Å²) in [5, 5.41) is 12.1. The first-order valence-corrected chi connectivity index (χ1v) is 6.55. The highest BCUT2D eigenvalue weighted by Crippen LogP contribution is 2.30. The molecule has 104 valence electrons. The summed E-state index contributed by atoms with van der Waals surface area (Å²) in [4.78, 5) is 26.2. The molecule has 2 rings (SSSR count). The lowest BCUT2D eigenvalue weighted by Gasteiger charge is -2.04. The summed E-state index contributed by atoms with van der Waals surface area (Å²) >= 11 is 6.75. The minimum Gasteiger partial charge on any atom is -0.476 e. The van der Waals surface area contributed by atoms with Crippen LogP contribution in [-0.2, 0) is 0 Å². The molecule has 0 radical (unpaired) electrons. The predicted molar refractivity (Wildman–Crippen MR) is 73.8 cm³/mol. The fourth-order valence-corrected chi connectivity index (χ4v) is 2.50. The van der Waals surface area contributed by atoms with Crippen molar-refractivity contribution in [1.82, 2.24) is 4.98 Å². The quantitative estimate of drug-likeness (QED) is 0.843. The molecule has 0 aliphatic heterocycles. The van der Waals surface area contributed by atoms with Crippen molar-refractivity contribution < 1.29 is 19.1 Å². The van der Waals surface area contributed by atoms with Gasteiger partial charge in [0.25, 0.3) is 0 Å². The first-order valence-electron chi connectivity index (χ1n) is 5.35. The van der Waals surface area contributed by atoms with Crippen LogP contribution >= 0.6 is 22.9 Å². The molecule has 5 nitrogen and oxygen atoms in total. The van der Waals surface area contributed by atoms with Crippen LogP contribution in [0.1, 0.15) is 27.1 Å². The van der Waals surface area contributed by atoms with Crippen molar-refractivity contribution in [1.29, 1.82) is 0 Å². The molecule has 0 aliphatic carbocycles. The van der Waals surface area contributed by atoms with Crippen LogP contribution in [0.15, 0.2) is 18.2 Å². The molecule has 0 aliphatic rings. The van der Waals surface area contributed by atoms with Gasteiger partial charge in [-0.05, 0) is 18.2 Å². The average molecular weight is 315 g/mol. The topological polar surface area (TPSA) is 79.3 Å². The van der Waals surface area contributed by atoms with Gasteiger partial charge in [0, 0.05) is 6.92 Å². The summed E-state index contributed by atoms with van der Waals surface area (Å²) in [6.45, 7) is 1.25. The van der Waals surface area contributed by atoms with Crippen LogP contribution in [0.25, 0.3) is 0 Å². The van der Waals surface area contributed by atoms with E-state index in [-0.39, 0.29) is 26.4 Å². The molecule has 0 fully saturated rings. The number of Topliss-reactive ketones (excluding diaryl/α,β-unsaturated/α-hetero) is 1. The molecule has 20 heavy (non-hydrogen) atoms. The van der Waals surface area contributed by atoms with Gasteiger partial charge in [-0.25, -0.2) is 14.2 Å². The molecular formula is C12H8ClFN2O3S. The number of carboxylic acids is 1. The Balaban J connectivity index is 2.39. The van der Waals surface area contributed by atoms with E-state index in [0.717, 1.165) is 17.4 Å². The number of carbonyl (C=O) groups excluding carboxylic acids is 1. The van der Waals surface area contributed by atoms with Gasteiger partial charge in [0.15, 0.2) is 16.6 Å². The maximum atomic E-state index is 13.1. The van der Waals surface area contributed by atoms with Crippen molar-refractivity contribution in [2.24, 2.45) is 0 Å². The highest BCUT2D eigenvalue weighted by atomic mass is 35.5. The largest absolute Gasteiger partial charge is 0.476 e. The third-order valence-electron chi connectivity index (χ3n) is 2.32. The number of halogens is 2. The van der Waals surface area contributed by atoms with E-state index in [0.29, 0.717) is 0 Å². The number of rotatable bonds is 4. The number of hydrogen-bond acceptors (Lipinski definition) is 5. The van der Waals surface area contributed by atoms with E-state index in [1.807, 2.05) is 0 Å². The first-order chi connectivity index (χ1) is 9.38. The minimum absolute atomic E-state index is 0.0209. The van der Waals surface area contributed by atoms with Crippen molar-refractivity contribution >= 4 is 45.5 Å². The van der Waals surface area contributed by atoms with Gasteiger partial charge in [-0.2, -0.15) is 0 Å². The number of carbonyl (C=O) groups is 2. The fourth-order valence-electron chi connectivity index (χ4n) is 1.47. The van der Waals surface area contributed by atoms with Crippen molar-refractivity contribution in [3.63, 3.8) is 0 Å². The van der Waals surface area contributed by atoms with Gasteiger partial charge < -0.3 is 10.4 Å². The van der Waals surface area contributed by atoms with E-state index in [4.69, 9.17) is 16.7 Å². The molecule has 0 saturated carbocycles. The maximum Gasteiger partial charge on any atom is 0.356 e. The monoisotopic (exact) mass is 314 g/mol. The fraction of sp³-hybridized carbons (Fsp3) is 0.0833. The lowest BCUT2D eigenvalue weighted by Crippen LogP contribution is -2.03. The average Bonchev–Trinajstić information content (AvgIpc) is 2.78. The van der Waals surface area contributed by atoms with Gasteiger partial charge in [0.2, 0.25) is 0 Å². The second-order valence-corrected chi connectivity index (χ2v) is 5.21. The number of carboxylic acid groups (broad SMARTS) is 1. The zero-order valence-electron chi connectivity index (χ0n) is 10.1. The highest BCUT2D eigenvalue weighted by Gasteiger charge is 2.20. The Kier molecular flexibility index (Phi) is 4.01. The van der Waals surface area contributed by atoms with Crippen molar-refractivity contribution in [2.75, 3.05) is 5.32 Å². The number of thiazole rings is 1. The van der Waals surface area contributed by atoms with Gasteiger partial charge in [-0.3, -0.25) is 4.79 Å². The number of ketones is 1. The molecule has 2 N–H and O–H groups in total. The second kappa shape index (κ2) is 5.56. The molecule has 1 heterocycles. The summed E-state index contributed by atoms with van der Waals surface area (Å²) in [6, 6.07) is 3.70. The van der Waals surface area contributed by atoms with E-state index < -0.39 is 17.6 Å². The van der Waals surface area contributed by atoms with E-state index in [1.54, 1.807) is 0 Å². The molecular weight excluding hydrogens is 307 g/mol. The second-order valence-electron chi connectivity index (χ2n) is 3.81. The maximum absolute atomic E-state index is 13.1. The van der Waals surface area contributed by atoms with E-state index in [2.05, 4.69) is 10.3 Å².